The molecule has 4 rings (SSSR count). The number of carbonyl (C=O) groups excluding carboxylic acids is 1. The van der Waals surface area contributed by atoms with E-state index in [0.29, 0.717) is 5.56 Å². The molecule has 0 amide bonds. The number of hydrogen-bond acceptors (Lipinski definition) is 7. The zero-order valence-corrected chi connectivity index (χ0v) is 15.5. The van der Waals surface area contributed by atoms with Gasteiger partial charge in [-0.25, -0.2) is 9.50 Å². The Hall–Kier alpha value is -2.29. The molecule has 0 radical (unpaired) electrons. The first-order valence-corrected chi connectivity index (χ1v) is 9.52. The second-order valence-electron chi connectivity index (χ2n) is 6.26. The first-order valence-electron chi connectivity index (χ1n) is 8.70. The first-order chi connectivity index (χ1) is 12.7. The summed E-state index contributed by atoms with van der Waals surface area (Å²) in [5, 5.41) is 8.88. The molecule has 1 aliphatic rings. The number of nitrogens with one attached hydrogen (secondary N) is 1. The molecule has 7 nitrogen and oxygen atoms in total. The van der Waals surface area contributed by atoms with Crippen LogP contribution in [0.1, 0.15) is 17.3 Å². The Morgan fingerprint density at radius 1 is 1.35 bits per heavy atom. The molecular weight excluding hydrogens is 350 g/mol. The Bertz CT molecular complexity index is 913. The third kappa shape index (κ3) is 3.62. The van der Waals surface area contributed by atoms with Gasteiger partial charge in [0.15, 0.2) is 5.78 Å². The summed E-state index contributed by atoms with van der Waals surface area (Å²) in [5.41, 5.74) is 2.52. The molecule has 26 heavy (non-hydrogen) atoms. The molecule has 1 saturated heterocycles. The molecule has 1 fully saturated rings. The van der Waals surface area contributed by atoms with E-state index in [1.54, 1.807) is 13.1 Å². The number of hydrogen-bond donors (Lipinski definition) is 1. The maximum Gasteiger partial charge on any atom is 0.214 e. The number of rotatable bonds is 6. The van der Waals surface area contributed by atoms with Gasteiger partial charge in [-0.05, 0) is 13.0 Å². The molecule has 0 aliphatic carbocycles. The highest BCUT2D eigenvalue weighted by atomic mass is 32.1. The van der Waals surface area contributed by atoms with E-state index in [0.717, 1.165) is 60.7 Å². The van der Waals surface area contributed by atoms with Crippen LogP contribution < -0.4 is 5.32 Å². The third-order valence-corrected chi connectivity index (χ3v) is 5.34. The van der Waals surface area contributed by atoms with Crippen LogP contribution in [0.4, 0.5) is 5.13 Å². The summed E-state index contributed by atoms with van der Waals surface area (Å²) in [6.07, 6.45) is 1.80. The molecule has 1 N–H and O–H groups in total. The minimum Gasteiger partial charge on any atom is -0.379 e. The van der Waals surface area contributed by atoms with Gasteiger partial charge in [-0.15, -0.1) is 5.10 Å². The fraction of sp³-hybridized carbons (Fsp3) is 0.389. The predicted molar refractivity (Wildman–Crippen MR) is 102 cm³/mol. The SMILES string of the molecule is CC(=O)c1cccc(-c2cnc3sc(NCCN4CCOCC4)nn23)c1. The molecule has 8 heteroatoms. The number of Topliss-reactive ketones (excluding diaryl/α,β-unsaturated/α-hetero) is 1. The Balaban J connectivity index is 1.48. The van der Waals surface area contributed by atoms with Crippen molar-refractivity contribution in [2.45, 2.75) is 6.92 Å². The largest absolute Gasteiger partial charge is 0.379 e. The van der Waals surface area contributed by atoms with E-state index in [1.165, 1.54) is 11.3 Å². The van der Waals surface area contributed by atoms with E-state index in [9.17, 15) is 4.79 Å². The van der Waals surface area contributed by atoms with Crippen molar-refractivity contribution in [3.63, 3.8) is 0 Å². The lowest BCUT2D eigenvalue weighted by molar-refractivity contribution is 0.0398. The molecule has 3 aromatic rings. The molecule has 0 saturated carbocycles. The van der Waals surface area contributed by atoms with Crippen molar-refractivity contribution in [1.29, 1.82) is 0 Å². The number of ketones is 1. The van der Waals surface area contributed by atoms with Crippen molar-refractivity contribution in [1.82, 2.24) is 19.5 Å². The van der Waals surface area contributed by atoms with Crippen LogP contribution in [-0.2, 0) is 4.74 Å². The van der Waals surface area contributed by atoms with Crippen molar-refractivity contribution in [3.8, 4) is 11.3 Å². The van der Waals surface area contributed by atoms with E-state index >= 15 is 0 Å². The number of carbonyl (C=O) groups is 1. The van der Waals surface area contributed by atoms with Crippen LogP contribution in [0.2, 0.25) is 0 Å². The van der Waals surface area contributed by atoms with Crippen molar-refractivity contribution in [3.05, 3.63) is 36.0 Å². The van der Waals surface area contributed by atoms with Crippen LogP contribution >= 0.6 is 11.3 Å². The lowest BCUT2D eigenvalue weighted by Gasteiger charge is -2.26. The molecule has 1 aromatic carbocycles. The summed E-state index contributed by atoms with van der Waals surface area (Å²) in [6, 6.07) is 7.57. The molecule has 0 bridgehead atoms. The van der Waals surface area contributed by atoms with Crippen molar-refractivity contribution in [2.24, 2.45) is 0 Å². The summed E-state index contributed by atoms with van der Waals surface area (Å²) >= 11 is 1.53. The third-order valence-electron chi connectivity index (χ3n) is 4.46. The highest BCUT2D eigenvalue weighted by molar-refractivity contribution is 7.20. The van der Waals surface area contributed by atoms with Gasteiger partial charge in [0.25, 0.3) is 0 Å². The lowest BCUT2D eigenvalue weighted by Crippen LogP contribution is -2.39. The summed E-state index contributed by atoms with van der Waals surface area (Å²) in [6.45, 7) is 6.98. The normalized spacial score (nSPS) is 15.4. The summed E-state index contributed by atoms with van der Waals surface area (Å²) < 4.78 is 7.20. The Kier molecular flexibility index (Phi) is 4.96. The van der Waals surface area contributed by atoms with E-state index in [2.05, 4.69) is 20.3 Å². The average Bonchev–Trinajstić information content (AvgIpc) is 3.23. The summed E-state index contributed by atoms with van der Waals surface area (Å²) in [5.74, 6) is 0.0522. The molecule has 1 aliphatic heterocycles. The van der Waals surface area contributed by atoms with Crippen molar-refractivity contribution in [2.75, 3.05) is 44.7 Å². The van der Waals surface area contributed by atoms with Crippen molar-refractivity contribution >= 4 is 27.2 Å². The van der Waals surface area contributed by atoms with Gasteiger partial charge in [0.05, 0.1) is 25.1 Å². The van der Waals surface area contributed by atoms with Gasteiger partial charge in [0.1, 0.15) is 0 Å². The minimum atomic E-state index is 0.0522. The zero-order valence-electron chi connectivity index (χ0n) is 14.6. The highest BCUT2D eigenvalue weighted by Crippen LogP contribution is 2.26. The number of morpholine rings is 1. The van der Waals surface area contributed by atoms with Gasteiger partial charge in [-0.2, -0.15) is 0 Å². The molecule has 3 heterocycles. The average molecular weight is 371 g/mol. The van der Waals surface area contributed by atoms with Gasteiger partial charge in [0, 0.05) is 37.3 Å². The highest BCUT2D eigenvalue weighted by Gasteiger charge is 2.13. The number of anilines is 1. The standard InChI is InChI=1S/C18H21N5O2S/c1-13(24)14-3-2-4-15(11-14)16-12-20-18-23(16)21-17(26-18)19-5-6-22-7-9-25-10-8-22/h2-4,11-12H,5-10H2,1H3,(H,19,21). The van der Waals surface area contributed by atoms with E-state index < -0.39 is 0 Å². The fourth-order valence-corrected chi connectivity index (χ4v) is 3.80. The molecule has 0 atom stereocenters. The lowest BCUT2D eigenvalue weighted by atomic mass is 10.1. The van der Waals surface area contributed by atoms with Crippen LogP contribution in [0.15, 0.2) is 30.5 Å². The number of benzene rings is 1. The van der Waals surface area contributed by atoms with E-state index in [1.807, 2.05) is 28.8 Å². The number of imidazole rings is 1. The van der Waals surface area contributed by atoms with Crippen LogP contribution in [0.3, 0.4) is 0 Å². The molecule has 0 spiro atoms. The second kappa shape index (κ2) is 7.53. The van der Waals surface area contributed by atoms with E-state index in [-0.39, 0.29) is 5.78 Å². The number of nitrogens with zero attached hydrogens (tertiary/aromatic N) is 4. The summed E-state index contributed by atoms with van der Waals surface area (Å²) in [7, 11) is 0. The smallest absolute Gasteiger partial charge is 0.214 e. The van der Waals surface area contributed by atoms with Gasteiger partial charge >= 0.3 is 0 Å². The van der Waals surface area contributed by atoms with Gasteiger partial charge in [-0.3, -0.25) is 9.69 Å². The Morgan fingerprint density at radius 3 is 3.00 bits per heavy atom. The van der Waals surface area contributed by atoms with Crippen LogP contribution in [0.5, 0.6) is 0 Å². The molecule has 2 aromatic heterocycles. The number of ether oxygens (including phenoxy) is 1. The minimum absolute atomic E-state index is 0.0522. The van der Waals surface area contributed by atoms with Crippen LogP contribution in [-0.4, -0.2) is 64.7 Å². The molecule has 0 unspecified atom stereocenters. The fourth-order valence-electron chi connectivity index (χ4n) is 3.00. The quantitative estimate of drug-likeness (QED) is 0.671. The predicted octanol–water partition coefficient (Wildman–Crippen LogP) is 2.40. The monoisotopic (exact) mass is 371 g/mol. The maximum absolute atomic E-state index is 11.6. The summed E-state index contributed by atoms with van der Waals surface area (Å²) in [4.78, 5) is 19.3. The van der Waals surface area contributed by atoms with Gasteiger partial charge in [-0.1, -0.05) is 29.5 Å². The topological polar surface area (TPSA) is 71.8 Å². The first kappa shape index (κ1) is 17.1. The van der Waals surface area contributed by atoms with Gasteiger partial charge < -0.3 is 10.1 Å². The van der Waals surface area contributed by atoms with Crippen LogP contribution in [0.25, 0.3) is 16.2 Å². The number of aromatic nitrogens is 3. The Labute approximate surface area is 155 Å². The van der Waals surface area contributed by atoms with Gasteiger partial charge in [0.2, 0.25) is 10.1 Å². The maximum atomic E-state index is 11.6. The van der Waals surface area contributed by atoms with Crippen LogP contribution in [0, 0.1) is 0 Å². The molecular formula is C18H21N5O2S. The Morgan fingerprint density at radius 2 is 2.19 bits per heavy atom. The van der Waals surface area contributed by atoms with Crippen molar-refractivity contribution < 1.29 is 9.53 Å². The number of fused-ring (bicyclic) bond motifs is 1. The zero-order chi connectivity index (χ0) is 17.9. The van der Waals surface area contributed by atoms with E-state index in [4.69, 9.17) is 4.74 Å². The molecule has 136 valence electrons. The second-order valence-corrected chi connectivity index (χ2v) is 7.22.